The predicted molar refractivity (Wildman–Crippen MR) is 106 cm³/mol. The van der Waals surface area contributed by atoms with Gasteiger partial charge in [-0.25, -0.2) is 9.78 Å². The quantitative estimate of drug-likeness (QED) is 0.718. The van der Waals surface area contributed by atoms with Crippen molar-refractivity contribution in [3.63, 3.8) is 0 Å². The third-order valence-corrected chi connectivity index (χ3v) is 3.95. The van der Waals surface area contributed by atoms with Crippen LogP contribution in [0.25, 0.3) is 10.9 Å². The molecule has 0 atom stereocenters. The second-order valence-electron chi connectivity index (χ2n) is 7.35. The Morgan fingerprint density at radius 3 is 2.78 bits per heavy atom. The lowest BCUT2D eigenvalue weighted by atomic mass is 10.2. The minimum atomic E-state index is -0.544. The first-order valence-corrected chi connectivity index (χ1v) is 8.94. The Labute approximate surface area is 159 Å². The lowest BCUT2D eigenvalue weighted by Crippen LogP contribution is -2.34. The second kappa shape index (κ2) is 7.70. The van der Waals surface area contributed by atoms with E-state index in [4.69, 9.17) is 9.47 Å². The maximum Gasteiger partial charge on any atom is 0.415 e. The highest BCUT2D eigenvalue weighted by atomic mass is 16.6. The molecular formula is C21H25N3O3. The van der Waals surface area contributed by atoms with Gasteiger partial charge in [-0.2, -0.15) is 0 Å². The van der Waals surface area contributed by atoms with Crippen LogP contribution >= 0.6 is 0 Å². The average Bonchev–Trinajstić information content (AvgIpc) is 3.07. The van der Waals surface area contributed by atoms with Crippen molar-refractivity contribution in [1.29, 1.82) is 0 Å². The number of pyridine rings is 1. The predicted octanol–water partition coefficient (Wildman–Crippen LogP) is 4.56. The molecule has 0 unspecified atom stereocenters. The van der Waals surface area contributed by atoms with Crippen LogP contribution in [0.15, 0.2) is 48.7 Å². The number of fused-ring (bicyclic) bond motifs is 1. The van der Waals surface area contributed by atoms with E-state index in [1.165, 1.54) is 4.90 Å². The van der Waals surface area contributed by atoms with E-state index in [9.17, 15) is 4.79 Å². The van der Waals surface area contributed by atoms with E-state index in [0.717, 1.165) is 22.3 Å². The van der Waals surface area contributed by atoms with Crippen molar-refractivity contribution in [3.8, 4) is 5.75 Å². The van der Waals surface area contributed by atoms with Gasteiger partial charge in [-0.05, 0) is 57.2 Å². The van der Waals surface area contributed by atoms with Gasteiger partial charge in [0.2, 0.25) is 0 Å². The van der Waals surface area contributed by atoms with Gasteiger partial charge < -0.3 is 14.5 Å². The summed E-state index contributed by atoms with van der Waals surface area (Å²) in [6, 6.07) is 13.5. The van der Waals surface area contributed by atoms with Crippen LogP contribution in [-0.2, 0) is 11.2 Å². The molecule has 0 bridgehead atoms. The van der Waals surface area contributed by atoms with E-state index in [1.54, 1.807) is 13.1 Å². The maximum atomic E-state index is 12.2. The number of hydrogen-bond donors (Lipinski definition) is 1. The largest absolute Gasteiger partial charge is 0.493 e. The van der Waals surface area contributed by atoms with Gasteiger partial charge in [-0.3, -0.25) is 4.90 Å². The minimum absolute atomic E-state index is 0.428. The van der Waals surface area contributed by atoms with E-state index in [2.05, 4.69) is 9.97 Å². The van der Waals surface area contributed by atoms with Gasteiger partial charge in [0.1, 0.15) is 17.2 Å². The molecule has 0 aliphatic rings. The van der Waals surface area contributed by atoms with Crippen LogP contribution in [0.3, 0.4) is 0 Å². The molecule has 6 heteroatoms. The minimum Gasteiger partial charge on any atom is -0.493 e. The third kappa shape index (κ3) is 5.00. The molecule has 27 heavy (non-hydrogen) atoms. The van der Waals surface area contributed by atoms with Gasteiger partial charge in [-0.15, -0.1) is 0 Å². The molecule has 6 nitrogen and oxygen atoms in total. The van der Waals surface area contributed by atoms with Crippen molar-refractivity contribution in [3.05, 3.63) is 54.4 Å². The summed E-state index contributed by atoms with van der Waals surface area (Å²) >= 11 is 0. The Morgan fingerprint density at radius 1 is 1.19 bits per heavy atom. The Bertz CT molecular complexity index is 928. The monoisotopic (exact) mass is 367 g/mol. The Kier molecular flexibility index (Phi) is 5.35. The SMILES string of the molecule is CN(C(=O)OC(C)(C)C)c1cccc(CCOc2ccc3[nH]ccc3c2)n1. The Balaban J connectivity index is 1.59. The second-order valence-corrected chi connectivity index (χ2v) is 7.35. The highest BCUT2D eigenvalue weighted by Gasteiger charge is 2.21. The first-order chi connectivity index (χ1) is 12.8. The molecule has 0 saturated carbocycles. The van der Waals surface area contributed by atoms with Crippen LogP contribution in [0, 0.1) is 0 Å². The number of amides is 1. The molecule has 1 aromatic carbocycles. The smallest absolute Gasteiger partial charge is 0.415 e. The Morgan fingerprint density at radius 2 is 2.00 bits per heavy atom. The van der Waals surface area contributed by atoms with Crippen molar-refractivity contribution in [1.82, 2.24) is 9.97 Å². The zero-order valence-electron chi connectivity index (χ0n) is 16.2. The van der Waals surface area contributed by atoms with Crippen molar-refractivity contribution >= 4 is 22.8 Å². The molecule has 3 aromatic rings. The van der Waals surface area contributed by atoms with Crippen LogP contribution in [-0.4, -0.2) is 35.3 Å². The molecule has 0 spiro atoms. The van der Waals surface area contributed by atoms with Crippen molar-refractivity contribution in [2.24, 2.45) is 0 Å². The van der Waals surface area contributed by atoms with Gasteiger partial charge in [0, 0.05) is 36.3 Å². The highest BCUT2D eigenvalue weighted by molar-refractivity contribution is 5.86. The summed E-state index contributed by atoms with van der Waals surface area (Å²) in [4.78, 5) is 21.3. The lowest BCUT2D eigenvalue weighted by Gasteiger charge is -2.24. The van der Waals surface area contributed by atoms with Crippen LogP contribution < -0.4 is 9.64 Å². The fourth-order valence-corrected chi connectivity index (χ4v) is 2.61. The van der Waals surface area contributed by atoms with E-state index >= 15 is 0 Å². The molecule has 1 N–H and O–H groups in total. The first-order valence-electron chi connectivity index (χ1n) is 8.94. The normalized spacial score (nSPS) is 11.4. The number of aromatic nitrogens is 2. The summed E-state index contributed by atoms with van der Waals surface area (Å²) in [5.74, 6) is 1.37. The molecule has 0 fully saturated rings. The first kappa shape index (κ1) is 18.8. The zero-order chi connectivity index (χ0) is 19.4. The van der Waals surface area contributed by atoms with Gasteiger partial charge >= 0.3 is 6.09 Å². The number of ether oxygens (including phenoxy) is 2. The number of carbonyl (C=O) groups is 1. The van der Waals surface area contributed by atoms with Crippen LogP contribution in [0.1, 0.15) is 26.5 Å². The molecule has 0 radical (unpaired) electrons. The number of H-pyrrole nitrogens is 1. The van der Waals surface area contributed by atoms with E-state index < -0.39 is 11.7 Å². The molecule has 1 amide bonds. The molecule has 142 valence electrons. The Hall–Kier alpha value is -3.02. The maximum absolute atomic E-state index is 12.2. The summed E-state index contributed by atoms with van der Waals surface area (Å²) < 4.78 is 11.2. The van der Waals surface area contributed by atoms with Crippen molar-refractivity contribution in [2.75, 3.05) is 18.6 Å². The molecule has 0 aliphatic carbocycles. The summed E-state index contributed by atoms with van der Waals surface area (Å²) in [5, 5.41) is 1.12. The topological polar surface area (TPSA) is 67.5 Å². The van der Waals surface area contributed by atoms with Gasteiger partial charge in [0.05, 0.1) is 6.61 Å². The molecule has 2 aromatic heterocycles. The third-order valence-electron chi connectivity index (χ3n) is 3.95. The number of nitrogens with one attached hydrogen (secondary N) is 1. The molecule has 2 heterocycles. The number of anilines is 1. The van der Waals surface area contributed by atoms with Crippen LogP contribution in [0.2, 0.25) is 0 Å². The summed E-state index contributed by atoms with van der Waals surface area (Å²) in [6.45, 7) is 6.02. The summed E-state index contributed by atoms with van der Waals surface area (Å²) in [5.41, 5.74) is 1.39. The van der Waals surface area contributed by atoms with Crippen molar-refractivity contribution in [2.45, 2.75) is 32.8 Å². The number of benzene rings is 1. The number of rotatable bonds is 5. The fourth-order valence-electron chi connectivity index (χ4n) is 2.61. The number of aromatic amines is 1. The molecule has 3 rings (SSSR count). The van der Waals surface area contributed by atoms with E-state index in [-0.39, 0.29) is 0 Å². The lowest BCUT2D eigenvalue weighted by molar-refractivity contribution is 0.0588. The average molecular weight is 367 g/mol. The zero-order valence-corrected chi connectivity index (χ0v) is 16.2. The van der Waals surface area contributed by atoms with Gasteiger partial charge in [0.15, 0.2) is 0 Å². The summed E-state index contributed by atoms with van der Waals surface area (Å²) in [7, 11) is 1.66. The van der Waals surface area contributed by atoms with Gasteiger partial charge in [0.25, 0.3) is 0 Å². The van der Waals surface area contributed by atoms with Gasteiger partial charge in [-0.1, -0.05) is 6.07 Å². The molecule has 0 aliphatic heterocycles. The van der Waals surface area contributed by atoms with E-state index in [0.29, 0.717) is 18.8 Å². The molecule has 0 saturated heterocycles. The summed E-state index contributed by atoms with van der Waals surface area (Å²) in [6.07, 6.45) is 2.12. The number of nitrogens with zero attached hydrogens (tertiary/aromatic N) is 2. The number of carbonyl (C=O) groups excluding carboxylic acids is 1. The standard InChI is InChI=1S/C21H25N3O3/c1-21(2,3)27-20(25)24(4)19-7-5-6-16(23-19)11-13-26-17-8-9-18-15(14-17)10-12-22-18/h5-10,12,14,22H,11,13H2,1-4H3. The highest BCUT2D eigenvalue weighted by Crippen LogP contribution is 2.20. The molecular weight excluding hydrogens is 342 g/mol. The fraction of sp³-hybridized carbons (Fsp3) is 0.333. The number of hydrogen-bond acceptors (Lipinski definition) is 4. The van der Waals surface area contributed by atoms with Crippen LogP contribution in [0.5, 0.6) is 5.75 Å². The van der Waals surface area contributed by atoms with E-state index in [1.807, 2.05) is 63.4 Å². The van der Waals surface area contributed by atoms with Crippen molar-refractivity contribution < 1.29 is 14.3 Å². The van der Waals surface area contributed by atoms with Crippen LogP contribution in [0.4, 0.5) is 10.6 Å².